The van der Waals surface area contributed by atoms with Gasteiger partial charge in [0.1, 0.15) is 11.9 Å². The summed E-state index contributed by atoms with van der Waals surface area (Å²) in [7, 11) is 0. The van der Waals surface area contributed by atoms with E-state index in [4.69, 9.17) is 0 Å². The van der Waals surface area contributed by atoms with Crippen molar-refractivity contribution in [3.8, 4) is 0 Å². The summed E-state index contributed by atoms with van der Waals surface area (Å²) >= 11 is 3.15. The molecule has 0 aliphatic carbocycles. The first-order valence-corrected chi connectivity index (χ1v) is 13.8. The predicted molar refractivity (Wildman–Crippen MR) is 148 cm³/mol. The highest BCUT2D eigenvalue weighted by Crippen LogP contribution is 2.17. The lowest BCUT2D eigenvalue weighted by atomic mass is 10.0. The Hall–Kier alpha value is -1.79. The van der Waals surface area contributed by atoms with Gasteiger partial charge in [-0.25, -0.2) is 9.78 Å². The highest BCUT2D eigenvalue weighted by Gasteiger charge is 2.17. The fraction of sp³-hybridized carbons (Fsp3) is 0.556. The highest BCUT2D eigenvalue weighted by atomic mass is 32.2. The van der Waals surface area contributed by atoms with Gasteiger partial charge in [-0.05, 0) is 80.1 Å². The number of nitrogens with zero attached hydrogens (tertiary/aromatic N) is 1. The lowest BCUT2D eigenvalue weighted by molar-refractivity contribution is -0.137. The van der Waals surface area contributed by atoms with E-state index < -0.39 is 12.0 Å². The highest BCUT2D eigenvalue weighted by molar-refractivity contribution is 7.99. The largest absolute Gasteiger partial charge is 0.480 e. The average molecular weight is 491 g/mol. The number of carbonyl (C=O) groups is 1. The summed E-state index contributed by atoms with van der Waals surface area (Å²) in [6.45, 7) is 12.8. The Bertz CT molecular complexity index is 846. The summed E-state index contributed by atoms with van der Waals surface area (Å²) in [4.78, 5) is 15.8. The van der Waals surface area contributed by atoms with Crippen LogP contribution in [0.4, 0.5) is 5.82 Å². The van der Waals surface area contributed by atoms with Crippen LogP contribution in [0.15, 0.2) is 52.0 Å². The Kier molecular flexibility index (Phi) is 14.9. The number of allylic oxidation sites excluding steroid dienone is 7. The zero-order valence-electron chi connectivity index (χ0n) is 21.2. The Morgan fingerprint density at radius 2 is 1.55 bits per heavy atom. The van der Waals surface area contributed by atoms with E-state index in [2.05, 4.69) is 69.2 Å². The number of carboxylic acids is 1. The first kappa shape index (κ1) is 29.2. The molecule has 0 fully saturated rings. The minimum Gasteiger partial charge on any atom is -0.480 e. The van der Waals surface area contributed by atoms with Crippen LogP contribution in [0.25, 0.3) is 0 Å². The number of aromatic nitrogens is 1. The van der Waals surface area contributed by atoms with Crippen molar-refractivity contribution < 1.29 is 9.90 Å². The Balaban J connectivity index is 2.27. The van der Waals surface area contributed by atoms with Gasteiger partial charge in [0.05, 0.1) is 5.01 Å². The molecule has 1 rings (SSSR count). The smallest absolute Gasteiger partial charge is 0.327 e. The van der Waals surface area contributed by atoms with Crippen molar-refractivity contribution in [3.05, 3.63) is 57.0 Å². The second-order valence-corrected chi connectivity index (χ2v) is 11.0. The first-order chi connectivity index (χ1) is 15.7. The van der Waals surface area contributed by atoms with Crippen molar-refractivity contribution in [3.63, 3.8) is 0 Å². The minimum atomic E-state index is -0.840. The van der Waals surface area contributed by atoms with Crippen molar-refractivity contribution in [2.24, 2.45) is 0 Å². The molecular formula is C27H42N2O2S2. The number of rotatable bonds is 16. The van der Waals surface area contributed by atoms with Crippen LogP contribution in [0, 0.1) is 6.92 Å². The quantitative estimate of drug-likeness (QED) is 0.181. The van der Waals surface area contributed by atoms with Crippen LogP contribution < -0.4 is 5.32 Å². The average Bonchev–Trinajstić information content (AvgIpc) is 3.14. The Morgan fingerprint density at radius 1 is 1.00 bits per heavy atom. The third kappa shape index (κ3) is 14.9. The van der Waals surface area contributed by atoms with Crippen molar-refractivity contribution in [2.45, 2.75) is 86.1 Å². The summed E-state index contributed by atoms with van der Waals surface area (Å²) in [5.74, 6) is 1.14. The van der Waals surface area contributed by atoms with Gasteiger partial charge < -0.3 is 10.4 Å². The van der Waals surface area contributed by atoms with Crippen molar-refractivity contribution in [1.29, 1.82) is 0 Å². The maximum Gasteiger partial charge on any atom is 0.327 e. The third-order valence-electron chi connectivity index (χ3n) is 5.23. The second-order valence-electron chi connectivity index (χ2n) is 8.87. The van der Waals surface area contributed by atoms with Gasteiger partial charge in [0.25, 0.3) is 0 Å². The minimum absolute atomic E-state index is 0.510. The molecule has 2 N–H and O–H groups in total. The van der Waals surface area contributed by atoms with E-state index in [1.165, 1.54) is 33.6 Å². The molecule has 0 bridgehead atoms. The van der Waals surface area contributed by atoms with Crippen LogP contribution in [0.2, 0.25) is 0 Å². The Morgan fingerprint density at radius 3 is 2.03 bits per heavy atom. The van der Waals surface area contributed by atoms with Gasteiger partial charge in [-0.3, -0.25) is 0 Å². The molecule has 1 atom stereocenters. The number of aryl methyl sites for hydroxylation is 1. The molecule has 184 valence electrons. The number of thiazole rings is 1. The maximum absolute atomic E-state index is 11.5. The van der Waals surface area contributed by atoms with E-state index in [1.54, 1.807) is 11.8 Å². The molecule has 1 aromatic rings. The summed E-state index contributed by atoms with van der Waals surface area (Å²) in [6, 6.07) is -0.624. The van der Waals surface area contributed by atoms with Crippen molar-refractivity contribution >= 4 is 34.9 Å². The van der Waals surface area contributed by atoms with E-state index in [0.717, 1.165) is 49.3 Å². The molecule has 0 aliphatic heterocycles. The summed E-state index contributed by atoms with van der Waals surface area (Å²) in [6.07, 6.45) is 15.9. The molecule has 1 heterocycles. The number of hydrogen-bond acceptors (Lipinski definition) is 5. The summed E-state index contributed by atoms with van der Waals surface area (Å²) in [5.41, 5.74) is 5.70. The second kappa shape index (κ2) is 16.8. The van der Waals surface area contributed by atoms with Crippen LogP contribution >= 0.6 is 23.1 Å². The molecule has 0 saturated carbocycles. The normalized spacial score (nSPS) is 13.7. The summed E-state index contributed by atoms with van der Waals surface area (Å²) in [5, 5.41) is 15.2. The number of hydrogen-bond donors (Lipinski definition) is 2. The maximum atomic E-state index is 11.5. The lowest BCUT2D eigenvalue weighted by Crippen LogP contribution is -2.31. The number of nitrogens with one attached hydrogen (secondary N) is 1. The number of thioether (sulfide) groups is 1. The van der Waals surface area contributed by atoms with E-state index in [0.29, 0.717) is 11.6 Å². The molecule has 0 aromatic carbocycles. The van der Waals surface area contributed by atoms with Gasteiger partial charge in [0, 0.05) is 16.9 Å². The fourth-order valence-corrected chi connectivity index (χ4v) is 4.71. The molecule has 33 heavy (non-hydrogen) atoms. The van der Waals surface area contributed by atoms with Gasteiger partial charge in [0.15, 0.2) is 0 Å². The first-order valence-electron chi connectivity index (χ1n) is 11.8. The van der Waals surface area contributed by atoms with Crippen LogP contribution in [0.3, 0.4) is 0 Å². The van der Waals surface area contributed by atoms with Crippen LogP contribution in [-0.2, 0) is 4.79 Å². The Labute approximate surface area is 209 Å². The fourth-order valence-electron chi connectivity index (χ4n) is 3.16. The van der Waals surface area contributed by atoms with E-state index in [-0.39, 0.29) is 0 Å². The van der Waals surface area contributed by atoms with Gasteiger partial charge >= 0.3 is 5.97 Å². The zero-order valence-corrected chi connectivity index (χ0v) is 22.9. The third-order valence-corrected chi connectivity index (χ3v) is 6.97. The van der Waals surface area contributed by atoms with Crippen LogP contribution in [-0.4, -0.2) is 33.6 Å². The predicted octanol–water partition coefficient (Wildman–Crippen LogP) is 8.20. The number of carboxylic acid groups (broad SMARTS) is 1. The van der Waals surface area contributed by atoms with Gasteiger partial charge in [-0.15, -0.1) is 11.3 Å². The topological polar surface area (TPSA) is 62.2 Å². The molecule has 1 unspecified atom stereocenters. The van der Waals surface area contributed by atoms with E-state index in [1.807, 2.05) is 12.3 Å². The standard InChI is InChI=1S/C27H42N2O2S2/c1-20(2)10-7-11-21(3)12-8-13-22(4)14-9-15-23(5)16-17-32-18-25(27(30)31)29-26-19-33-24(6)28-26/h10,12,14,16,19,25,29H,7-9,11,13,15,17-18H2,1-6H3,(H,30,31)/b21-12+,22-14+,23-16+. The zero-order chi connectivity index (χ0) is 24.6. The number of anilines is 1. The van der Waals surface area contributed by atoms with Crippen LogP contribution in [0.1, 0.15) is 78.2 Å². The molecule has 0 spiro atoms. The SMILES string of the molecule is CC(C)=CCC/C(C)=C/CC/C(C)=C/CC/C(C)=C/CSCC(Nc1csc(C)n1)C(=O)O. The van der Waals surface area contributed by atoms with Crippen molar-refractivity contribution in [2.75, 3.05) is 16.8 Å². The molecule has 0 amide bonds. The van der Waals surface area contributed by atoms with E-state index >= 15 is 0 Å². The van der Waals surface area contributed by atoms with Crippen molar-refractivity contribution in [1.82, 2.24) is 4.98 Å². The van der Waals surface area contributed by atoms with Gasteiger partial charge in [-0.1, -0.05) is 46.6 Å². The molecule has 0 aliphatic rings. The molecule has 0 saturated heterocycles. The van der Waals surface area contributed by atoms with Gasteiger partial charge in [-0.2, -0.15) is 11.8 Å². The molecular weight excluding hydrogens is 448 g/mol. The summed E-state index contributed by atoms with van der Waals surface area (Å²) < 4.78 is 0. The van der Waals surface area contributed by atoms with Crippen LogP contribution in [0.5, 0.6) is 0 Å². The van der Waals surface area contributed by atoms with E-state index in [9.17, 15) is 9.90 Å². The van der Waals surface area contributed by atoms with Gasteiger partial charge in [0.2, 0.25) is 0 Å². The molecule has 4 nitrogen and oxygen atoms in total. The molecule has 1 aromatic heterocycles. The molecule has 6 heteroatoms. The molecule has 0 radical (unpaired) electrons. The lowest BCUT2D eigenvalue weighted by Gasteiger charge is -2.13. The monoisotopic (exact) mass is 490 g/mol. The number of aliphatic carboxylic acids is 1.